The standard InChI is InChI=1S/C20H28O5/c21-18(22)16-8-10-17(11-9-16)25-15-7-5-3-1-2-4-6-12-20(13-14-20)19(23)24/h8-11H,1-7,12-15H2,(H,21,22)(H,23,24). The number of aliphatic carboxylic acids is 1. The summed E-state index contributed by atoms with van der Waals surface area (Å²) in [6.45, 7) is 0.646. The first kappa shape index (κ1) is 19.3. The fraction of sp³-hybridized carbons (Fsp3) is 0.600. The van der Waals surface area contributed by atoms with Crippen LogP contribution in [-0.4, -0.2) is 28.8 Å². The molecular formula is C20H28O5. The maximum atomic E-state index is 11.1. The van der Waals surface area contributed by atoms with E-state index >= 15 is 0 Å². The molecule has 0 spiro atoms. The van der Waals surface area contributed by atoms with E-state index in [1.807, 2.05) is 0 Å². The number of hydrogen-bond donors (Lipinski definition) is 2. The molecule has 2 rings (SSSR count). The molecule has 2 N–H and O–H groups in total. The molecule has 1 aromatic carbocycles. The third-order valence-corrected chi connectivity index (χ3v) is 4.98. The third kappa shape index (κ3) is 6.40. The monoisotopic (exact) mass is 348 g/mol. The SMILES string of the molecule is O=C(O)c1ccc(OCCCCCCCCCC2(C(=O)O)CC2)cc1. The summed E-state index contributed by atoms with van der Waals surface area (Å²) < 4.78 is 5.60. The van der Waals surface area contributed by atoms with E-state index < -0.39 is 11.9 Å². The van der Waals surface area contributed by atoms with Gasteiger partial charge in [0, 0.05) is 0 Å². The van der Waals surface area contributed by atoms with E-state index in [0.717, 1.165) is 44.9 Å². The van der Waals surface area contributed by atoms with Gasteiger partial charge in [-0.05, 0) is 49.9 Å². The van der Waals surface area contributed by atoms with Gasteiger partial charge in [0.15, 0.2) is 0 Å². The van der Waals surface area contributed by atoms with Crippen LogP contribution in [-0.2, 0) is 4.79 Å². The molecule has 1 aliphatic carbocycles. The molecule has 1 saturated carbocycles. The number of aromatic carboxylic acids is 1. The first-order valence-corrected chi connectivity index (χ1v) is 9.23. The summed E-state index contributed by atoms with van der Waals surface area (Å²) in [7, 11) is 0. The Kier molecular flexibility index (Phi) is 7.29. The van der Waals surface area contributed by atoms with Crippen LogP contribution in [0.5, 0.6) is 5.75 Å². The lowest BCUT2D eigenvalue weighted by molar-refractivity contribution is -0.143. The minimum absolute atomic E-state index is 0.267. The van der Waals surface area contributed by atoms with Crippen molar-refractivity contribution in [1.82, 2.24) is 0 Å². The molecule has 1 aliphatic rings. The molecule has 0 radical (unpaired) electrons. The van der Waals surface area contributed by atoms with Gasteiger partial charge in [-0.25, -0.2) is 4.79 Å². The highest BCUT2D eigenvalue weighted by Crippen LogP contribution is 2.50. The van der Waals surface area contributed by atoms with E-state index in [-0.39, 0.29) is 11.0 Å². The van der Waals surface area contributed by atoms with Crippen LogP contribution in [0.4, 0.5) is 0 Å². The molecule has 1 aromatic rings. The van der Waals surface area contributed by atoms with Crippen molar-refractivity contribution in [2.24, 2.45) is 5.41 Å². The molecule has 138 valence electrons. The van der Waals surface area contributed by atoms with Gasteiger partial charge in [0.05, 0.1) is 17.6 Å². The molecular weight excluding hydrogens is 320 g/mol. The van der Waals surface area contributed by atoms with Crippen LogP contribution >= 0.6 is 0 Å². The van der Waals surface area contributed by atoms with Crippen LogP contribution in [0.25, 0.3) is 0 Å². The van der Waals surface area contributed by atoms with E-state index in [4.69, 9.17) is 14.9 Å². The Labute approximate surface area is 149 Å². The zero-order valence-corrected chi connectivity index (χ0v) is 14.7. The summed E-state index contributed by atoms with van der Waals surface area (Å²) >= 11 is 0. The fourth-order valence-electron chi connectivity index (χ4n) is 3.05. The van der Waals surface area contributed by atoms with Gasteiger partial charge in [-0.1, -0.05) is 38.5 Å². The van der Waals surface area contributed by atoms with Crippen molar-refractivity contribution in [3.05, 3.63) is 29.8 Å². The number of carboxylic acid groups (broad SMARTS) is 2. The second kappa shape index (κ2) is 9.44. The summed E-state index contributed by atoms with van der Waals surface area (Å²) in [5, 5.41) is 17.9. The highest BCUT2D eigenvalue weighted by atomic mass is 16.5. The van der Waals surface area contributed by atoms with E-state index in [1.54, 1.807) is 24.3 Å². The molecule has 25 heavy (non-hydrogen) atoms. The number of hydrogen-bond acceptors (Lipinski definition) is 3. The van der Waals surface area contributed by atoms with Crippen molar-refractivity contribution in [3.8, 4) is 5.75 Å². The average Bonchev–Trinajstić information content (AvgIpc) is 3.38. The summed E-state index contributed by atoms with van der Waals surface area (Å²) in [4.78, 5) is 21.8. The van der Waals surface area contributed by atoms with E-state index in [0.29, 0.717) is 12.4 Å². The van der Waals surface area contributed by atoms with Crippen LogP contribution in [0, 0.1) is 5.41 Å². The molecule has 5 heteroatoms. The van der Waals surface area contributed by atoms with Crippen molar-refractivity contribution >= 4 is 11.9 Å². The number of rotatable bonds is 13. The fourth-order valence-corrected chi connectivity index (χ4v) is 3.05. The topological polar surface area (TPSA) is 83.8 Å². The second-order valence-electron chi connectivity index (χ2n) is 6.99. The Balaban J connectivity index is 1.42. The molecule has 5 nitrogen and oxygen atoms in total. The van der Waals surface area contributed by atoms with Crippen molar-refractivity contribution in [1.29, 1.82) is 0 Å². The van der Waals surface area contributed by atoms with Crippen LogP contribution in [0.3, 0.4) is 0 Å². The number of benzene rings is 1. The zero-order valence-electron chi connectivity index (χ0n) is 14.7. The molecule has 0 aliphatic heterocycles. The van der Waals surface area contributed by atoms with Crippen molar-refractivity contribution < 1.29 is 24.5 Å². The molecule has 0 aromatic heterocycles. The first-order valence-electron chi connectivity index (χ1n) is 9.23. The smallest absolute Gasteiger partial charge is 0.335 e. The van der Waals surface area contributed by atoms with Crippen molar-refractivity contribution in [3.63, 3.8) is 0 Å². The number of ether oxygens (including phenoxy) is 1. The molecule has 0 atom stereocenters. The van der Waals surface area contributed by atoms with Crippen molar-refractivity contribution in [2.45, 2.75) is 64.2 Å². The Morgan fingerprint density at radius 2 is 1.44 bits per heavy atom. The lowest BCUT2D eigenvalue weighted by Gasteiger charge is -2.09. The van der Waals surface area contributed by atoms with Crippen molar-refractivity contribution in [2.75, 3.05) is 6.61 Å². The van der Waals surface area contributed by atoms with Crippen LogP contribution in [0.15, 0.2) is 24.3 Å². The summed E-state index contributed by atoms with van der Waals surface area (Å²) in [5.74, 6) is -0.829. The average molecular weight is 348 g/mol. The quantitative estimate of drug-likeness (QED) is 0.503. The Hall–Kier alpha value is -2.04. The lowest BCUT2D eigenvalue weighted by Crippen LogP contribution is -2.14. The van der Waals surface area contributed by atoms with Gasteiger partial charge < -0.3 is 14.9 Å². The summed E-state index contributed by atoms with van der Waals surface area (Å²) in [6, 6.07) is 6.47. The maximum Gasteiger partial charge on any atom is 0.335 e. The molecule has 0 amide bonds. The summed E-state index contributed by atoms with van der Waals surface area (Å²) in [5.41, 5.74) is -0.0941. The lowest BCUT2D eigenvalue weighted by atomic mass is 9.98. The third-order valence-electron chi connectivity index (χ3n) is 4.98. The van der Waals surface area contributed by atoms with Gasteiger partial charge in [-0.2, -0.15) is 0 Å². The Bertz CT molecular complexity index is 560. The Morgan fingerprint density at radius 1 is 0.880 bits per heavy atom. The molecule has 0 saturated heterocycles. The minimum Gasteiger partial charge on any atom is -0.494 e. The van der Waals surface area contributed by atoms with Gasteiger partial charge in [0.1, 0.15) is 5.75 Å². The zero-order chi connectivity index (χ0) is 18.1. The predicted molar refractivity (Wildman–Crippen MR) is 95.1 cm³/mol. The van der Waals surface area contributed by atoms with E-state index in [2.05, 4.69) is 0 Å². The van der Waals surface area contributed by atoms with Crippen LogP contribution in [0.1, 0.15) is 74.6 Å². The normalized spacial score (nSPS) is 14.9. The number of carboxylic acids is 2. The van der Waals surface area contributed by atoms with Gasteiger partial charge in [-0.15, -0.1) is 0 Å². The maximum absolute atomic E-state index is 11.1. The van der Waals surface area contributed by atoms with Gasteiger partial charge >= 0.3 is 11.9 Å². The largest absolute Gasteiger partial charge is 0.494 e. The number of carbonyl (C=O) groups is 2. The molecule has 1 fully saturated rings. The highest BCUT2D eigenvalue weighted by Gasteiger charge is 2.49. The first-order chi connectivity index (χ1) is 12.0. The van der Waals surface area contributed by atoms with Gasteiger partial charge in [-0.3, -0.25) is 4.79 Å². The predicted octanol–water partition coefficient (Wildman–Crippen LogP) is 4.75. The van der Waals surface area contributed by atoms with E-state index in [9.17, 15) is 9.59 Å². The molecule has 0 heterocycles. The van der Waals surface area contributed by atoms with Gasteiger partial charge in [0.2, 0.25) is 0 Å². The summed E-state index contributed by atoms with van der Waals surface area (Å²) in [6.07, 6.45) is 10.4. The van der Waals surface area contributed by atoms with Crippen LogP contribution in [0.2, 0.25) is 0 Å². The van der Waals surface area contributed by atoms with E-state index in [1.165, 1.54) is 19.3 Å². The molecule has 0 unspecified atom stereocenters. The highest BCUT2D eigenvalue weighted by molar-refractivity contribution is 5.87. The molecule has 0 bridgehead atoms. The Morgan fingerprint density at radius 3 is 1.96 bits per heavy atom. The number of unbranched alkanes of at least 4 members (excludes halogenated alkanes) is 6. The van der Waals surface area contributed by atoms with Gasteiger partial charge in [0.25, 0.3) is 0 Å². The van der Waals surface area contributed by atoms with Crippen LogP contribution < -0.4 is 4.74 Å². The minimum atomic E-state index is -0.929. The second-order valence-corrected chi connectivity index (χ2v) is 6.99.